The minimum atomic E-state index is -0.837. The molecule has 0 spiro atoms. The maximum Gasteiger partial charge on any atom is 1.00 e. The van der Waals surface area contributed by atoms with Crippen molar-refractivity contribution in [1.29, 1.82) is 0 Å². The Kier molecular flexibility index (Phi) is 20.0. The maximum absolute atomic E-state index is 13.9. The smallest absolute Gasteiger partial charge is 0.870 e. The van der Waals surface area contributed by atoms with Crippen molar-refractivity contribution in [1.82, 2.24) is 0 Å². The van der Waals surface area contributed by atoms with Gasteiger partial charge >= 0.3 is 30.8 Å². The molecule has 0 aliphatic heterocycles. The molecule has 11 heteroatoms. The van der Waals surface area contributed by atoms with Crippen molar-refractivity contribution in [2.75, 3.05) is 19.8 Å². The fourth-order valence-corrected chi connectivity index (χ4v) is 6.46. The number of ether oxygens (including phenoxy) is 3. The summed E-state index contributed by atoms with van der Waals surface area (Å²) in [5, 5.41) is 9.64. The normalized spacial score (nSPS) is 14.1. The third-order valence-corrected chi connectivity index (χ3v) is 9.71. The van der Waals surface area contributed by atoms with Gasteiger partial charge in [-0.2, -0.15) is 0 Å². The molecule has 4 aromatic carbocycles. The van der Waals surface area contributed by atoms with E-state index in [2.05, 4.69) is 13.8 Å². The summed E-state index contributed by atoms with van der Waals surface area (Å²) in [6, 6.07) is 24.1. The van der Waals surface area contributed by atoms with Gasteiger partial charge in [-0.1, -0.05) is 64.1 Å². The van der Waals surface area contributed by atoms with Crippen molar-refractivity contribution >= 4 is 11.9 Å². The number of carboxylic acid groups (broad SMARTS) is 1. The fraction of sp³-hybridized carbons (Fsp3) is 0.435. The Morgan fingerprint density at radius 3 is 1.47 bits per heavy atom. The zero-order chi connectivity index (χ0) is 38.8. The zero-order valence-corrected chi connectivity index (χ0v) is 34.1. The number of carboxylic acids is 1. The van der Waals surface area contributed by atoms with E-state index < -0.39 is 11.9 Å². The van der Waals surface area contributed by atoms with Crippen LogP contribution in [0.5, 0.6) is 11.5 Å². The molecule has 0 amide bonds. The minimum Gasteiger partial charge on any atom is -0.870 e. The predicted octanol–water partition coefficient (Wildman–Crippen LogP) is 7.47. The first-order valence-electron chi connectivity index (χ1n) is 19.4. The number of carbonyl (C=O) groups is 2. The number of hydrogen-bond acceptors (Lipinski definition) is 6. The van der Waals surface area contributed by atoms with Gasteiger partial charge in [0.15, 0.2) is 0 Å². The third kappa shape index (κ3) is 14.9. The van der Waals surface area contributed by atoms with Gasteiger partial charge in [0, 0.05) is 11.1 Å². The van der Waals surface area contributed by atoms with Crippen LogP contribution < -0.4 is 28.3 Å². The molecule has 2 atom stereocenters. The summed E-state index contributed by atoms with van der Waals surface area (Å²) in [7, 11) is 0. The molecule has 2 aliphatic rings. The van der Waals surface area contributed by atoms with Crippen LogP contribution in [0.15, 0.2) is 84.9 Å². The predicted molar refractivity (Wildman–Crippen MR) is 214 cm³/mol. The van der Waals surface area contributed by atoms with Crippen LogP contribution in [0.2, 0.25) is 0 Å². The number of carbonyl (C=O) groups excluding carboxylic acids is 1. The second-order valence-corrected chi connectivity index (χ2v) is 15.5. The van der Waals surface area contributed by atoms with Gasteiger partial charge in [-0.05, 0) is 140 Å². The van der Waals surface area contributed by atoms with Gasteiger partial charge < -0.3 is 30.3 Å². The molecule has 2 aliphatic carbocycles. The Morgan fingerprint density at radius 1 is 0.684 bits per heavy atom. The molecule has 8 nitrogen and oxygen atoms in total. The fourth-order valence-electron chi connectivity index (χ4n) is 6.46. The molecule has 4 aromatic rings. The quantitative estimate of drug-likeness (QED) is 0.0865. The van der Waals surface area contributed by atoms with Crippen molar-refractivity contribution < 1.29 is 67.5 Å². The van der Waals surface area contributed by atoms with Crippen LogP contribution in [0, 0.1) is 35.3 Å². The Balaban J connectivity index is 0.000000375. The molecule has 0 aromatic heterocycles. The van der Waals surface area contributed by atoms with Gasteiger partial charge in [0.05, 0.1) is 31.7 Å². The van der Waals surface area contributed by atoms with E-state index in [4.69, 9.17) is 14.2 Å². The molecule has 0 saturated heterocycles. The summed E-state index contributed by atoms with van der Waals surface area (Å²) in [4.78, 5) is 24.3. The van der Waals surface area contributed by atoms with Crippen LogP contribution in [0.1, 0.15) is 96.1 Å². The summed E-state index contributed by atoms with van der Waals surface area (Å²) in [6.45, 7) is 11.7. The average Bonchev–Trinajstić information content (AvgIpc) is 4.08. The molecule has 0 radical (unpaired) electrons. The standard InChI is InChI=1S/C24H29FO3.C22H25FO3.Li.2H2O/c1-4-27-24(26)22(12-16(2)3)19-10-11-23(28-15-17-8-9-17)21(14-19)18-6-5-7-20(25)13-18;1-14(2)10-20(22(24)25)17-8-9-21(26-13-15-6-7-15)19(12-17)16-4-3-5-18(23)11-16;;;/h5-7,10-11,13-14,16-17,22H,4,8-9,12,15H2,1-3H3;3-5,8-9,11-12,14-15,20H,6-7,10,13H2,1-2H3,(H,24,25);;2*1H2/q;;+1;;/p-1. The molecule has 57 heavy (non-hydrogen) atoms. The van der Waals surface area contributed by atoms with E-state index in [-0.39, 0.29) is 59.3 Å². The second kappa shape index (κ2) is 23.3. The van der Waals surface area contributed by atoms with Gasteiger partial charge in [0.1, 0.15) is 23.1 Å². The van der Waals surface area contributed by atoms with Crippen molar-refractivity contribution in [3.05, 3.63) is 108 Å². The second-order valence-electron chi connectivity index (χ2n) is 15.5. The van der Waals surface area contributed by atoms with Crippen molar-refractivity contribution in [2.24, 2.45) is 23.7 Å². The molecule has 2 unspecified atom stereocenters. The van der Waals surface area contributed by atoms with E-state index in [1.54, 1.807) is 12.1 Å². The molecule has 0 heterocycles. The van der Waals surface area contributed by atoms with Crippen LogP contribution >= 0.6 is 0 Å². The largest absolute Gasteiger partial charge is 1.00 e. The zero-order valence-electron chi connectivity index (χ0n) is 34.1. The number of halogens is 2. The van der Waals surface area contributed by atoms with E-state index >= 15 is 0 Å². The molecule has 0 bridgehead atoms. The minimum absolute atomic E-state index is 0. The first kappa shape index (κ1) is 48.9. The van der Waals surface area contributed by atoms with E-state index in [1.807, 2.05) is 69.3 Å². The maximum atomic E-state index is 13.9. The first-order valence-corrected chi connectivity index (χ1v) is 19.4. The Hall–Kier alpha value is -4.20. The van der Waals surface area contributed by atoms with Crippen LogP contribution in [-0.2, 0) is 14.3 Å². The summed E-state index contributed by atoms with van der Waals surface area (Å²) in [5.41, 5.74) is 4.62. The summed E-state index contributed by atoms with van der Waals surface area (Å²) in [6.07, 6.45) is 6.02. The molecule has 6 rings (SSSR count). The SMILES string of the molecule is CC(C)CC(C(=O)O)c1ccc(OCC2CC2)c(-c2cccc(F)c2)c1.CCOC(=O)C(CC(C)C)c1ccc(OCC2CC2)c(-c2cccc(F)c2)c1.O.[Li+].[OH-]. The van der Waals surface area contributed by atoms with Crippen LogP contribution in [0.25, 0.3) is 22.3 Å². The Bertz CT molecular complexity index is 1880. The van der Waals surface area contributed by atoms with Gasteiger partial charge in [-0.3, -0.25) is 9.59 Å². The number of aliphatic carboxylic acids is 1. The van der Waals surface area contributed by atoms with Crippen molar-refractivity contribution in [2.45, 2.75) is 85.0 Å². The van der Waals surface area contributed by atoms with Crippen LogP contribution in [0.4, 0.5) is 8.78 Å². The first-order chi connectivity index (χ1) is 25.9. The summed E-state index contributed by atoms with van der Waals surface area (Å²) < 4.78 is 44.9. The topological polar surface area (TPSA) is 144 Å². The van der Waals surface area contributed by atoms with Gasteiger partial charge in [0.25, 0.3) is 0 Å². The van der Waals surface area contributed by atoms with E-state index in [9.17, 15) is 23.5 Å². The van der Waals surface area contributed by atoms with Gasteiger partial charge in [-0.25, -0.2) is 8.78 Å². The van der Waals surface area contributed by atoms with Crippen molar-refractivity contribution in [3.63, 3.8) is 0 Å². The monoisotopic (exact) mass is 782 g/mol. The van der Waals surface area contributed by atoms with Crippen molar-refractivity contribution in [3.8, 4) is 33.8 Å². The molecule has 2 fully saturated rings. The molecule has 304 valence electrons. The van der Waals surface area contributed by atoms with Gasteiger partial charge in [0.2, 0.25) is 0 Å². The molecule has 4 N–H and O–H groups in total. The Labute approximate surface area is 348 Å². The van der Waals surface area contributed by atoms with E-state index in [0.29, 0.717) is 61.7 Å². The third-order valence-electron chi connectivity index (χ3n) is 9.71. The number of rotatable bonds is 17. The summed E-state index contributed by atoms with van der Waals surface area (Å²) >= 11 is 0. The molecular formula is C46H57F2LiO8. The molecule has 2 saturated carbocycles. The average molecular weight is 783 g/mol. The van der Waals surface area contributed by atoms with E-state index in [1.165, 1.54) is 49.9 Å². The number of hydrogen-bond donors (Lipinski definition) is 1. The molecular weight excluding hydrogens is 725 g/mol. The van der Waals surface area contributed by atoms with E-state index in [0.717, 1.165) is 33.6 Å². The van der Waals surface area contributed by atoms with Crippen LogP contribution in [0.3, 0.4) is 0 Å². The number of benzene rings is 4. The number of esters is 1. The van der Waals surface area contributed by atoms with Crippen LogP contribution in [-0.4, -0.2) is 47.8 Å². The Morgan fingerprint density at radius 2 is 1.11 bits per heavy atom. The van der Waals surface area contributed by atoms with Gasteiger partial charge in [-0.15, -0.1) is 0 Å². The summed E-state index contributed by atoms with van der Waals surface area (Å²) in [5.74, 6) is 0.646.